The van der Waals surface area contributed by atoms with E-state index in [4.69, 9.17) is 14.6 Å². The minimum absolute atomic E-state index is 0.118. The molecule has 1 rings (SSSR count). The van der Waals surface area contributed by atoms with E-state index in [0.29, 0.717) is 18.9 Å². The fourth-order valence-electron chi connectivity index (χ4n) is 1.80. The first-order chi connectivity index (χ1) is 9.95. The number of carbonyl (C=O) groups is 2. The van der Waals surface area contributed by atoms with Crippen LogP contribution in [-0.4, -0.2) is 43.3 Å². The molecular weight excluding hydrogens is 274 g/mol. The van der Waals surface area contributed by atoms with Gasteiger partial charge in [-0.3, -0.25) is 4.79 Å². The Bertz CT molecular complexity index is 469. The predicted octanol–water partition coefficient (Wildman–Crippen LogP) is 1.55. The van der Waals surface area contributed by atoms with Crippen LogP contribution < -0.4 is 10.1 Å². The molecule has 1 aromatic rings. The summed E-state index contributed by atoms with van der Waals surface area (Å²) >= 11 is 0. The van der Waals surface area contributed by atoms with Gasteiger partial charge in [-0.1, -0.05) is 13.8 Å². The minimum Gasteiger partial charge on any atom is -0.492 e. The Hall–Kier alpha value is -2.08. The third-order valence-electron chi connectivity index (χ3n) is 2.96. The van der Waals surface area contributed by atoms with Crippen LogP contribution in [0.25, 0.3) is 0 Å². The monoisotopic (exact) mass is 295 g/mol. The van der Waals surface area contributed by atoms with Crippen LogP contribution in [0.1, 0.15) is 24.2 Å². The molecule has 0 saturated carbocycles. The molecule has 0 spiro atoms. The second-order valence-electron chi connectivity index (χ2n) is 4.88. The lowest BCUT2D eigenvalue weighted by atomic mass is 10.1. The van der Waals surface area contributed by atoms with Crippen LogP contribution >= 0.6 is 0 Å². The molecule has 0 aliphatic heterocycles. The molecule has 6 nitrogen and oxygen atoms in total. The van der Waals surface area contributed by atoms with Crippen molar-refractivity contribution in [3.8, 4) is 5.75 Å². The fourth-order valence-corrected chi connectivity index (χ4v) is 1.80. The summed E-state index contributed by atoms with van der Waals surface area (Å²) in [7, 11) is 1.36. The molecule has 1 aromatic carbocycles. The number of benzene rings is 1. The summed E-state index contributed by atoms with van der Waals surface area (Å²) in [6.07, 6.45) is 0. The molecule has 0 aromatic heterocycles. The molecule has 0 heterocycles. The minimum atomic E-state index is -0.971. The van der Waals surface area contributed by atoms with Crippen LogP contribution in [0.3, 0.4) is 0 Å². The van der Waals surface area contributed by atoms with Gasteiger partial charge in [0.1, 0.15) is 18.4 Å². The van der Waals surface area contributed by atoms with E-state index in [9.17, 15) is 9.59 Å². The topological polar surface area (TPSA) is 84.9 Å². The molecule has 0 saturated heterocycles. The lowest BCUT2D eigenvalue weighted by Gasteiger charge is -2.19. The van der Waals surface area contributed by atoms with Crippen molar-refractivity contribution in [2.24, 2.45) is 5.92 Å². The number of methoxy groups -OCH3 is 1. The van der Waals surface area contributed by atoms with E-state index in [-0.39, 0.29) is 23.5 Å². The van der Waals surface area contributed by atoms with Crippen molar-refractivity contribution in [3.63, 3.8) is 0 Å². The Morgan fingerprint density at radius 2 is 1.86 bits per heavy atom. The number of hydrogen-bond acceptors (Lipinski definition) is 5. The maximum Gasteiger partial charge on any atom is 0.335 e. The van der Waals surface area contributed by atoms with E-state index in [1.165, 1.54) is 19.2 Å². The van der Waals surface area contributed by atoms with Crippen LogP contribution in [0.2, 0.25) is 0 Å². The Labute approximate surface area is 124 Å². The Morgan fingerprint density at radius 1 is 1.24 bits per heavy atom. The number of nitrogens with one attached hydrogen (secondary N) is 1. The van der Waals surface area contributed by atoms with Crippen LogP contribution in [0.5, 0.6) is 5.75 Å². The molecule has 0 amide bonds. The first-order valence-corrected chi connectivity index (χ1v) is 6.73. The van der Waals surface area contributed by atoms with E-state index in [1.54, 1.807) is 12.1 Å². The van der Waals surface area contributed by atoms with Gasteiger partial charge < -0.3 is 19.9 Å². The first kappa shape index (κ1) is 17.0. The molecular formula is C15H21NO5. The molecule has 0 aliphatic rings. The van der Waals surface area contributed by atoms with Gasteiger partial charge in [0.05, 0.1) is 12.7 Å². The summed E-state index contributed by atoms with van der Waals surface area (Å²) in [5.41, 5.74) is 0.214. The number of carboxylic acids is 1. The van der Waals surface area contributed by atoms with Crippen molar-refractivity contribution in [1.29, 1.82) is 0 Å². The standard InChI is InChI=1S/C15H21NO5/c1-10(2)13(15(19)20-3)16-8-9-21-12-6-4-11(5-7-12)14(17)18/h4-7,10,13,16H,8-9H2,1-3H3,(H,17,18). The van der Waals surface area contributed by atoms with Crippen molar-refractivity contribution in [2.75, 3.05) is 20.3 Å². The van der Waals surface area contributed by atoms with Gasteiger partial charge >= 0.3 is 11.9 Å². The number of carbonyl (C=O) groups excluding carboxylic acids is 1. The molecule has 21 heavy (non-hydrogen) atoms. The maximum atomic E-state index is 11.5. The largest absolute Gasteiger partial charge is 0.492 e. The van der Waals surface area contributed by atoms with Crippen molar-refractivity contribution in [3.05, 3.63) is 29.8 Å². The average molecular weight is 295 g/mol. The number of esters is 1. The summed E-state index contributed by atoms with van der Waals surface area (Å²) in [5, 5.41) is 11.9. The summed E-state index contributed by atoms with van der Waals surface area (Å²) in [6.45, 7) is 4.71. The van der Waals surface area contributed by atoms with Crippen molar-refractivity contribution in [1.82, 2.24) is 5.32 Å². The predicted molar refractivity (Wildman–Crippen MR) is 77.5 cm³/mol. The van der Waals surface area contributed by atoms with E-state index in [1.807, 2.05) is 13.8 Å². The summed E-state index contributed by atoms with van der Waals surface area (Å²) < 4.78 is 10.2. The van der Waals surface area contributed by atoms with E-state index in [0.717, 1.165) is 0 Å². The van der Waals surface area contributed by atoms with Crippen molar-refractivity contribution >= 4 is 11.9 Å². The smallest absolute Gasteiger partial charge is 0.335 e. The average Bonchev–Trinajstić information content (AvgIpc) is 2.46. The van der Waals surface area contributed by atoms with Crippen molar-refractivity contribution < 1.29 is 24.2 Å². The zero-order valence-electron chi connectivity index (χ0n) is 12.5. The lowest BCUT2D eigenvalue weighted by Crippen LogP contribution is -2.43. The Kier molecular flexibility index (Phi) is 6.68. The molecule has 0 fully saturated rings. The Morgan fingerprint density at radius 3 is 2.33 bits per heavy atom. The molecule has 2 N–H and O–H groups in total. The highest BCUT2D eigenvalue weighted by Crippen LogP contribution is 2.12. The fraction of sp³-hybridized carbons (Fsp3) is 0.467. The molecule has 0 aliphatic carbocycles. The SMILES string of the molecule is COC(=O)C(NCCOc1ccc(C(=O)O)cc1)C(C)C. The van der Waals surface area contributed by atoms with E-state index in [2.05, 4.69) is 5.32 Å². The van der Waals surface area contributed by atoms with Gasteiger partial charge in [0.15, 0.2) is 0 Å². The lowest BCUT2D eigenvalue weighted by molar-refractivity contribution is -0.144. The normalized spacial score (nSPS) is 12.0. The maximum absolute atomic E-state index is 11.5. The molecule has 1 atom stereocenters. The molecule has 0 bridgehead atoms. The van der Waals surface area contributed by atoms with Crippen LogP contribution in [-0.2, 0) is 9.53 Å². The van der Waals surface area contributed by atoms with Gasteiger partial charge in [-0.25, -0.2) is 4.79 Å². The van der Waals surface area contributed by atoms with E-state index < -0.39 is 5.97 Å². The van der Waals surface area contributed by atoms with Gasteiger partial charge in [0, 0.05) is 6.54 Å². The van der Waals surface area contributed by atoms with Crippen LogP contribution in [0.15, 0.2) is 24.3 Å². The molecule has 0 radical (unpaired) electrons. The van der Waals surface area contributed by atoms with Gasteiger partial charge in [-0.05, 0) is 30.2 Å². The molecule has 6 heteroatoms. The third-order valence-corrected chi connectivity index (χ3v) is 2.96. The zero-order valence-corrected chi connectivity index (χ0v) is 12.5. The number of rotatable bonds is 8. The number of ether oxygens (including phenoxy) is 2. The third kappa shape index (κ3) is 5.43. The number of aromatic carboxylic acids is 1. The summed E-state index contributed by atoms with van der Waals surface area (Å²) in [4.78, 5) is 22.2. The summed E-state index contributed by atoms with van der Waals surface area (Å²) in [6, 6.07) is 5.80. The second-order valence-corrected chi connectivity index (χ2v) is 4.88. The molecule has 116 valence electrons. The summed E-state index contributed by atoms with van der Waals surface area (Å²) in [5.74, 6) is -0.565. The first-order valence-electron chi connectivity index (χ1n) is 6.73. The number of carboxylic acid groups (broad SMARTS) is 1. The van der Waals surface area contributed by atoms with Gasteiger partial charge in [0.25, 0.3) is 0 Å². The van der Waals surface area contributed by atoms with Crippen LogP contribution in [0, 0.1) is 5.92 Å². The Balaban J connectivity index is 2.39. The van der Waals surface area contributed by atoms with E-state index >= 15 is 0 Å². The highest BCUT2D eigenvalue weighted by molar-refractivity contribution is 5.87. The number of hydrogen-bond donors (Lipinski definition) is 2. The van der Waals surface area contributed by atoms with Crippen LogP contribution in [0.4, 0.5) is 0 Å². The quantitative estimate of drug-likeness (QED) is 0.559. The van der Waals surface area contributed by atoms with Gasteiger partial charge in [-0.15, -0.1) is 0 Å². The highest BCUT2D eigenvalue weighted by atomic mass is 16.5. The van der Waals surface area contributed by atoms with Gasteiger partial charge in [-0.2, -0.15) is 0 Å². The second kappa shape index (κ2) is 8.26. The highest BCUT2D eigenvalue weighted by Gasteiger charge is 2.21. The zero-order chi connectivity index (χ0) is 15.8. The molecule has 1 unspecified atom stereocenters. The van der Waals surface area contributed by atoms with Gasteiger partial charge in [0.2, 0.25) is 0 Å². The van der Waals surface area contributed by atoms with Crippen molar-refractivity contribution in [2.45, 2.75) is 19.9 Å².